The minimum Gasteiger partial charge on any atom is -0.460 e. The van der Waals surface area contributed by atoms with Crippen molar-refractivity contribution in [3.8, 4) is 0 Å². The monoisotopic (exact) mass is 1060 g/mol. The molecule has 1 aliphatic carbocycles. The van der Waals surface area contributed by atoms with Crippen molar-refractivity contribution in [2.24, 2.45) is 35.5 Å². The van der Waals surface area contributed by atoms with E-state index in [0.29, 0.717) is 83.4 Å². The molecular weight excluding hydrogens is 967 g/mol. The first-order valence-corrected chi connectivity index (χ1v) is 27.8. The number of methoxy groups -OCH3 is 2. The molecule has 5 aliphatic rings. The number of carbonyl (C=O) groups is 5. The lowest BCUT2D eigenvalue weighted by atomic mass is 9.78. The van der Waals surface area contributed by atoms with Gasteiger partial charge in [-0.05, 0) is 113 Å². The molecule has 4 fully saturated rings. The quantitative estimate of drug-likeness (QED) is 0.0744. The van der Waals surface area contributed by atoms with E-state index in [4.69, 9.17) is 37.9 Å². The molecule has 1 amide bonds. The first-order valence-electron chi connectivity index (χ1n) is 27.8. The van der Waals surface area contributed by atoms with Crippen LogP contribution in [0.5, 0.6) is 0 Å². The van der Waals surface area contributed by atoms with E-state index in [1.165, 1.54) is 12.0 Å². The van der Waals surface area contributed by atoms with Crippen LogP contribution >= 0.6 is 0 Å². The van der Waals surface area contributed by atoms with E-state index in [1.807, 2.05) is 58.1 Å². The van der Waals surface area contributed by atoms with E-state index in [9.17, 15) is 39.3 Å². The average molecular weight is 1060 g/mol. The number of nitrogens with zero attached hydrogens (tertiary/aromatic N) is 1. The van der Waals surface area contributed by atoms with E-state index >= 15 is 0 Å². The first-order chi connectivity index (χ1) is 35.8. The van der Waals surface area contributed by atoms with E-state index < -0.39 is 77.8 Å². The maximum atomic E-state index is 14.6. The number of ether oxygens (including phenoxy) is 8. The van der Waals surface area contributed by atoms with Gasteiger partial charge < -0.3 is 58.1 Å². The Hall–Kier alpha value is -3.49. The van der Waals surface area contributed by atoms with Crippen LogP contribution in [0.25, 0.3) is 0 Å². The maximum Gasteiger partial charge on any atom is 0.329 e. The number of aliphatic hydroxyl groups is 3. The van der Waals surface area contributed by atoms with Crippen molar-refractivity contribution in [1.29, 1.82) is 0 Å². The van der Waals surface area contributed by atoms with Gasteiger partial charge in [0.15, 0.2) is 5.78 Å². The summed E-state index contributed by atoms with van der Waals surface area (Å²) in [5.41, 5.74) is 1.24. The van der Waals surface area contributed by atoms with Crippen molar-refractivity contribution in [3.63, 3.8) is 0 Å². The standard InChI is InChI=1S/C58H91NO16/c1-36-16-11-10-12-17-37(2)49(73-27-26-71-45-34-70-35-45)32-44-21-19-42(7)58(67,75-44)55(64)56(65)59-23-14-13-18-46(59)57(66)74-50(39(4)30-43-20-22-48(51(31-43)68-8)72-25-15-24-60)33-47(61)38(3)29-41(6)53(63)54(69-9)52(62)40(5)28-36/h10-12,16-17,29,36,38-40,42-46,48-51,53-54,60,63,67H,13-15,18-28,30-35H2,1-9H3/b12-10+,16-11+,37-17+,41-29+/t36-,38-,39-,40-,42-,43+,44+,46+,48-,49+,50+,51-,53-,54+,58-/m1/s1. The summed E-state index contributed by atoms with van der Waals surface area (Å²) in [7, 11) is 3.03. The van der Waals surface area contributed by atoms with Crippen LogP contribution in [0.2, 0.25) is 0 Å². The number of cyclic esters (lactones) is 1. The Morgan fingerprint density at radius 2 is 1.57 bits per heavy atom. The summed E-state index contributed by atoms with van der Waals surface area (Å²) in [5.74, 6) is -8.12. The van der Waals surface area contributed by atoms with Gasteiger partial charge in [-0.25, -0.2) is 4.79 Å². The molecule has 4 aliphatic heterocycles. The smallest absolute Gasteiger partial charge is 0.329 e. The number of hydrogen-bond donors (Lipinski definition) is 3. The molecule has 424 valence electrons. The van der Waals surface area contributed by atoms with Crippen LogP contribution in [-0.4, -0.2) is 171 Å². The summed E-state index contributed by atoms with van der Waals surface area (Å²) in [5, 5.41) is 33.0. The van der Waals surface area contributed by atoms with Gasteiger partial charge >= 0.3 is 5.97 Å². The Bertz CT molecular complexity index is 1980. The number of fused-ring (bicyclic) bond motifs is 3. The molecule has 5 rings (SSSR count). The molecule has 17 heteroatoms. The number of hydrogen-bond acceptors (Lipinski definition) is 16. The minimum absolute atomic E-state index is 0.00648. The van der Waals surface area contributed by atoms with Gasteiger partial charge in [-0.2, -0.15) is 0 Å². The molecule has 0 radical (unpaired) electrons. The lowest BCUT2D eigenvalue weighted by molar-refractivity contribution is -0.266. The van der Waals surface area contributed by atoms with Crippen molar-refractivity contribution >= 4 is 29.2 Å². The normalized spacial score (nSPS) is 37.8. The number of carbonyl (C=O) groups excluding carboxylic acids is 5. The molecule has 4 heterocycles. The Labute approximate surface area is 446 Å². The number of rotatable bonds is 14. The molecule has 0 unspecified atom stereocenters. The average Bonchev–Trinajstić information content (AvgIpc) is 3.37. The molecule has 3 saturated heterocycles. The molecule has 0 aromatic carbocycles. The van der Waals surface area contributed by atoms with Crippen LogP contribution < -0.4 is 0 Å². The van der Waals surface area contributed by atoms with Crippen LogP contribution in [0.3, 0.4) is 0 Å². The zero-order chi connectivity index (χ0) is 54.8. The fraction of sp³-hybridized carbons (Fsp3) is 0.776. The molecule has 2 bridgehead atoms. The molecule has 15 atom stereocenters. The highest BCUT2D eigenvalue weighted by atomic mass is 16.6. The number of piperidine rings is 1. The number of ketones is 3. The van der Waals surface area contributed by atoms with Crippen LogP contribution in [0.4, 0.5) is 0 Å². The van der Waals surface area contributed by atoms with E-state index in [2.05, 4.69) is 0 Å². The Morgan fingerprint density at radius 3 is 2.27 bits per heavy atom. The highest BCUT2D eigenvalue weighted by molar-refractivity contribution is 6.39. The highest BCUT2D eigenvalue weighted by Crippen LogP contribution is 2.38. The third-order valence-electron chi connectivity index (χ3n) is 16.2. The van der Waals surface area contributed by atoms with Gasteiger partial charge in [0.2, 0.25) is 5.79 Å². The highest BCUT2D eigenvalue weighted by Gasteiger charge is 2.53. The lowest BCUT2D eigenvalue weighted by Gasteiger charge is -2.43. The summed E-state index contributed by atoms with van der Waals surface area (Å²) in [6.45, 7) is 14.9. The number of aliphatic hydroxyl groups excluding tert-OH is 2. The van der Waals surface area contributed by atoms with Gasteiger partial charge in [0.25, 0.3) is 11.7 Å². The summed E-state index contributed by atoms with van der Waals surface area (Å²) in [4.78, 5) is 72.9. The largest absolute Gasteiger partial charge is 0.460 e. The number of esters is 1. The molecule has 0 aromatic rings. The summed E-state index contributed by atoms with van der Waals surface area (Å²) in [6.07, 6.45) is 12.4. The molecule has 3 N–H and O–H groups in total. The van der Waals surface area contributed by atoms with Gasteiger partial charge in [-0.15, -0.1) is 0 Å². The van der Waals surface area contributed by atoms with Crippen LogP contribution in [0, 0.1) is 35.5 Å². The number of amides is 1. The summed E-state index contributed by atoms with van der Waals surface area (Å²) >= 11 is 0. The van der Waals surface area contributed by atoms with Crippen molar-refractivity contribution in [3.05, 3.63) is 47.6 Å². The Balaban J connectivity index is 1.45. The van der Waals surface area contributed by atoms with E-state index in [1.54, 1.807) is 34.0 Å². The van der Waals surface area contributed by atoms with Crippen LogP contribution in [-0.2, 0) is 61.9 Å². The Kier molecular flexibility index (Phi) is 25.4. The fourth-order valence-corrected chi connectivity index (χ4v) is 11.2. The molecule has 75 heavy (non-hydrogen) atoms. The summed E-state index contributed by atoms with van der Waals surface area (Å²) in [6, 6.07) is -1.16. The Morgan fingerprint density at radius 1 is 0.827 bits per heavy atom. The minimum atomic E-state index is -2.47. The van der Waals surface area contributed by atoms with Crippen LogP contribution in [0.15, 0.2) is 47.6 Å². The number of Topliss-reactive ketones (excluding diaryl/α,β-unsaturated/α-hetero) is 3. The van der Waals surface area contributed by atoms with Crippen molar-refractivity contribution in [2.45, 2.75) is 193 Å². The zero-order valence-corrected chi connectivity index (χ0v) is 46.4. The topological polar surface area (TPSA) is 223 Å². The van der Waals surface area contributed by atoms with Crippen molar-refractivity contribution < 1.29 is 77.2 Å². The predicted molar refractivity (Wildman–Crippen MR) is 280 cm³/mol. The van der Waals surface area contributed by atoms with E-state index in [-0.39, 0.29) is 86.7 Å². The second-order valence-electron chi connectivity index (χ2n) is 22.2. The summed E-state index contributed by atoms with van der Waals surface area (Å²) < 4.78 is 47.7. The molecule has 0 spiro atoms. The van der Waals surface area contributed by atoms with Crippen LogP contribution in [0.1, 0.15) is 132 Å². The van der Waals surface area contributed by atoms with Crippen molar-refractivity contribution in [1.82, 2.24) is 4.90 Å². The van der Waals surface area contributed by atoms with Gasteiger partial charge in [0.05, 0.1) is 50.8 Å². The maximum absolute atomic E-state index is 14.6. The van der Waals surface area contributed by atoms with Crippen molar-refractivity contribution in [2.75, 3.05) is 60.4 Å². The van der Waals surface area contributed by atoms with Gasteiger partial charge in [-0.3, -0.25) is 19.2 Å². The fourth-order valence-electron chi connectivity index (χ4n) is 11.2. The van der Waals surface area contributed by atoms with E-state index in [0.717, 1.165) is 18.4 Å². The molecule has 17 nitrogen and oxygen atoms in total. The zero-order valence-electron chi connectivity index (χ0n) is 46.4. The molecule has 0 aromatic heterocycles. The third kappa shape index (κ3) is 17.8. The second kappa shape index (κ2) is 30.6. The first kappa shape index (κ1) is 62.4. The lowest BCUT2D eigenvalue weighted by Crippen LogP contribution is -2.61. The van der Waals surface area contributed by atoms with Gasteiger partial charge in [0, 0.05) is 64.6 Å². The third-order valence-corrected chi connectivity index (χ3v) is 16.2. The SMILES string of the molecule is CO[C@@H]1C[C@H](C[C@@H](C)[C@@H]2CC(=O)[C@H](C)/C=C(\C)[C@@H](O)[C@@H](OC)C(=O)[C@H](C)C[C@H](C)/C=C/C=C/C=C(\C)[C@@H](OCCOC3COC3)C[C@@H]3CC[C@@H](C)[C@@](O)(O3)C(=O)C(=O)N3CCCC[C@H]3C(=O)O2)CC[C@H]1OCCCO. The predicted octanol–water partition coefficient (Wildman–Crippen LogP) is 6.37. The van der Waals surface area contributed by atoms with Gasteiger partial charge in [-0.1, -0.05) is 71.1 Å². The number of allylic oxidation sites excluding steroid dienone is 6. The van der Waals surface area contributed by atoms with Gasteiger partial charge in [0.1, 0.15) is 36.2 Å². The second-order valence-corrected chi connectivity index (χ2v) is 22.2. The molecule has 1 saturated carbocycles. The molecular formula is C58H91NO16.